The zero-order chi connectivity index (χ0) is 20.2. The number of imidazole rings is 1. The van der Waals surface area contributed by atoms with Gasteiger partial charge in [-0.15, -0.1) is 0 Å². The van der Waals surface area contributed by atoms with E-state index < -0.39 is 0 Å². The molecule has 0 aliphatic rings. The molecule has 2 heterocycles. The first-order chi connectivity index (χ1) is 14.2. The monoisotopic (exact) mass is 384 g/mol. The second kappa shape index (κ2) is 8.29. The molecule has 4 aromatic rings. The first-order valence-electron chi connectivity index (χ1n) is 9.79. The van der Waals surface area contributed by atoms with E-state index >= 15 is 0 Å². The van der Waals surface area contributed by atoms with Crippen molar-refractivity contribution in [1.82, 2.24) is 20.0 Å². The Hall–Kier alpha value is -3.44. The number of fused-ring (bicyclic) bond motifs is 1. The molecule has 146 valence electrons. The summed E-state index contributed by atoms with van der Waals surface area (Å²) in [5, 5.41) is 6.03. The van der Waals surface area contributed by atoms with Crippen molar-refractivity contribution in [3.8, 4) is 22.4 Å². The van der Waals surface area contributed by atoms with Gasteiger partial charge in [-0.25, -0.2) is 4.98 Å². The summed E-state index contributed by atoms with van der Waals surface area (Å²) in [7, 11) is 1.64. The number of hydrogen-bond donors (Lipinski definition) is 2. The summed E-state index contributed by atoms with van der Waals surface area (Å²) in [6, 6.07) is 20.3. The van der Waals surface area contributed by atoms with Gasteiger partial charge in [-0.1, -0.05) is 37.3 Å². The molecule has 5 nitrogen and oxygen atoms in total. The van der Waals surface area contributed by atoms with Crippen molar-refractivity contribution in [3.05, 3.63) is 84.2 Å². The highest BCUT2D eigenvalue weighted by Crippen LogP contribution is 2.26. The number of benzene rings is 2. The van der Waals surface area contributed by atoms with Gasteiger partial charge in [0.25, 0.3) is 5.91 Å². The SMILES string of the molecule is CCNCc1cccc(-c2ccn3c(-c4cccc(C(=O)NC)c4)cnc3c2)c1. The number of carbonyl (C=O) groups excluding carboxylic acids is 1. The number of pyridine rings is 1. The van der Waals surface area contributed by atoms with Crippen LogP contribution < -0.4 is 10.6 Å². The molecule has 0 atom stereocenters. The molecular formula is C24H24N4O. The largest absolute Gasteiger partial charge is 0.355 e. The Balaban J connectivity index is 1.69. The standard InChI is InChI=1S/C24H24N4O/c1-3-26-15-17-6-4-7-18(12-17)19-10-11-28-22(16-27-23(28)14-19)20-8-5-9-21(13-20)24(29)25-2/h4-14,16,26H,3,15H2,1-2H3,(H,25,29). The molecule has 0 spiro atoms. The lowest BCUT2D eigenvalue weighted by Crippen LogP contribution is -2.17. The van der Waals surface area contributed by atoms with Crippen molar-refractivity contribution in [2.75, 3.05) is 13.6 Å². The van der Waals surface area contributed by atoms with E-state index in [1.54, 1.807) is 7.05 Å². The Kier molecular flexibility index (Phi) is 5.40. The number of rotatable bonds is 6. The van der Waals surface area contributed by atoms with E-state index in [1.165, 1.54) is 11.1 Å². The second-order valence-electron chi connectivity index (χ2n) is 6.93. The molecule has 2 aromatic heterocycles. The number of nitrogens with zero attached hydrogens (tertiary/aromatic N) is 2. The predicted molar refractivity (Wildman–Crippen MR) is 117 cm³/mol. The summed E-state index contributed by atoms with van der Waals surface area (Å²) < 4.78 is 2.05. The molecule has 29 heavy (non-hydrogen) atoms. The highest BCUT2D eigenvalue weighted by Gasteiger charge is 2.10. The van der Waals surface area contributed by atoms with Crippen molar-refractivity contribution < 1.29 is 4.79 Å². The Bertz CT molecular complexity index is 1160. The lowest BCUT2D eigenvalue weighted by atomic mass is 10.0. The molecule has 5 heteroatoms. The smallest absolute Gasteiger partial charge is 0.251 e. The molecule has 0 aliphatic carbocycles. The number of amides is 1. The second-order valence-corrected chi connectivity index (χ2v) is 6.93. The molecular weight excluding hydrogens is 360 g/mol. The molecule has 2 aromatic carbocycles. The average molecular weight is 384 g/mol. The average Bonchev–Trinajstić information content (AvgIpc) is 3.20. The van der Waals surface area contributed by atoms with Gasteiger partial charge in [-0.3, -0.25) is 9.20 Å². The third kappa shape index (κ3) is 3.91. The van der Waals surface area contributed by atoms with Gasteiger partial charge in [0.05, 0.1) is 11.9 Å². The molecule has 0 saturated carbocycles. The van der Waals surface area contributed by atoms with Gasteiger partial charge in [-0.2, -0.15) is 0 Å². The lowest BCUT2D eigenvalue weighted by molar-refractivity contribution is 0.0963. The van der Waals surface area contributed by atoms with Crippen molar-refractivity contribution in [2.45, 2.75) is 13.5 Å². The minimum atomic E-state index is -0.0969. The zero-order valence-corrected chi connectivity index (χ0v) is 16.6. The van der Waals surface area contributed by atoms with Gasteiger partial charge in [-0.05, 0) is 53.6 Å². The van der Waals surface area contributed by atoms with Crippen LogP contribution in [0, 0.1) is 0 Å². The van der Waals surface area contributed by atoms with E-state index in [2.05, 4.69) is 63.3 Å². The summed E-state index contributed by atoms with van der Waals surface area (Å²) in [4.78, 5) is 16.6. The Morgan fingerprint density at radius 1 is 1.00 bits per heavy atom. The van der Waals surface area contributed by atoms with Crippen molar-refractivity contribution >= 4 is 11.6 Å². The zero-order valence-electron chi connectivity index (χ0n) is 16.6. The third-order valence-corrected chi connectivity index (χ3v) is 5.00. The number of hydrogen-bond acceptors (Lipinski definition) is 3. The minimum Gasteiger partial charge on any atom is -0.355 e. The maximum Gasteiger partial charge on any atom is 0.251 e. The Labute approximate surface area is 170 Å². The van der Waals surface area contributed by atoms with Gasteiger partial charge in [0.1, 0.15) is 5.65 Å². The number of aromatic nitrogens is 2. The molecule has 1 amide bonds. The highest BCUT2D eigenvalue weighted by atomic mass is 16.1. The Morgan fingerprint density at radius 2 is 1.79 bits per heavy atom. The Morgan fingerprint density at radius 3 is 2.62 bits per heavy atom. The first-order valence-corrected chi connectivity index (χ1v) is 9.79. The van der Waals surface area contributed by atoms with Crippen LogP contribution in [0.15, 0.2) is 73.1 Å². The van der Waals surface area contributed by atoms with Crippen molar-refractivity contribution in [2.24, 2.45) is 0 Å². The topological polar surface area (TPSA) is 58.4 Å². The van der Waals surface area contributed by atoms with Gasteiger partial charge in [0, 0.05) is 30.9 Å². The molecule has 2 N–H and O–H groups in total. The quantitative estimate of drug-likeness (QED) is 0.525. The van der Waals surface area contributed by atoms with Crippen LogP contribution in [-0.2, 0) is 6.54 Å². The van der Waals surface area contributed by atoms with E-state index in [0.717, 1.165) is 35.6 Å². The van der Waals surface area contributed by atoms with Crippen LogP contribution in [0.3, 0.4) is 0 Å². The number of nitrogens with one attached hydrogen (secondary N) is 2. The summed E-state index contributed by atoms with van der Waals surface area (Å²) in [6.45, 7) is 3.92. The summed E-state index contributed by atoms with van der Waals surface area (Å²) in [5.41, 5.74) is 6.99. The van der Waals surface area contributed by atoms with Gasteiger partial charge < -0.3 is 10.6 Å². The lowest BCUT2D eigenvalue weighted by Gasteiger charge is -2.08. The van der Waals surface area contributed by atoms with Crippen LogP contribution in [0.25, 0.3) is 28.0 Å². The minimum absolute atomic E-state index is 0.0969. The van der Waals surface area contributed by atoms with E-state index in [1.807, 2.05) is 36.7 Å². The molecule has 0 radical (unpaired) electrons. The fourth-order valence-corrected chi connectivity index (χ4v) is 3.47. The predicted octanol–water partition coefficient (Wildman–Crippen LogP) is 4.14. The normalized spacial score (nSPS) is 11.0. The van der Waals surface area contributed by atoms with E-state index in [-0.39, 0.29) is 5.91 Å². The fraction of sp³-hybridized carbons (Fsp3) is 0.167. The summed E-state index contributed by atoms with van der Waals surface area (Å²) in [6.07, 6.45) is 3.89. The van der Waals surface area contributed by atoms with Gasteiger partial charge in [0.15, 0.2) is 0 Å². The van der Waals surface area contributed by atoms with Crippen LogP contribution in [0.5, 0.6) is 0 Å². The molecule has 0 fully saturated rings. The van der Waals surface area contributed by atoms with Crippen LogP contribution >= 0.6 is 0 Å². The molecule has 0 unspecified atom stereocenters. The van der Waals surface area contributed by atoms with Crippen LogP contribution in [-0.4, -0.2) is 28.9 Å². The van der Waals surface area contributed by atoms with Crippen LogP contribution in [0.2, 0.25) is 0 Å². The maximum atomic E-state index is 12.0. The highest BCUT2D eigenvalue weighted by molar-refractivity contribution is 5.95. The van der Waals surface area contributed by atoms with E-state index in [0.29, 0.717) is 5.56 Å². The van der Waals surface area contributed by atoms with E-state index in [4.69, 9.17) is 0 Å². The maximum absolute atomic E-state index is 12.0. The van der Waals surface area contributed by atoms with Crippen molar-refractivity contribution in [3.63, 3.8) is 0 Å². The first kappa shape index (κ1) is 18.9. The van der Waals surface area contributed by atoms with Crippen LogP contribution in [0.4, 0.5) is 0 Å². The summed E-state index contributed by atoms with van der Waals surface area (Å²) >= 11 is 0. The van der Waals surface area contributed by atoms with Gasteiger partial charge >= 0.3 is 0 Å². The molecule has 0 saturated heterocycles. The third-order valence-electron chi connectivity index (χ3n) is 5.00. The number of carbonyl (C=O) groups is 1. The molecule has 0 aliphatic heterocycles. The van der Waals surface area contributed by atoms with E-state index in [9.17, 15) is 4.79 Å². The van der Waals surface area contributed by atoms with Crippen LogP contribution in [0.1, 0.15) is 22.8 Å². The fourth-order valence-electron chi connectivity index (χ4n) is 3.47. The van der Waals surface area contributed by atoms with Gasteiger partial charge in [0.2, 0.25) is 0 Å². The van der Waals surface area contributed by atoms with Crippen molar-refractivity contribution in [1.29, 1.82) is 0 Å². The summed E-state index contributed by atoms with van der Waals surface area (Å²) in [5.74, 6) is -0.0969. The molecule has 0 bridgehead atoms. The molecule has 4 rings (SSSR count).